The molecule has 4 heteroatoms. The Morgan fingerprint density at radius 2 is 2.08 bits per heavy atom. The molecule has 0 N–H and O–H groups in total. The molecule has 0 aromatic rings. The molecule has 0 saturated heterocycles. The molecule has 13 heavy (non-hydrogen) atoms. The summed E-state index contributed by atoms with van der Waals surface area (Å²) in [5.41, 5.74) is 0. The van der Waals surface area contributed by atoms with Crippen molar-refractivity contribution in [3.8, 4) is 0 Å². The lowest BCUT2D eigenvalue weighted by atomic mass is 9.79. The summed E-state index contributed by atoms with van der Waals surface area (Å²) < 4.78 is 36.8. The first-order valence-electron chi connectivity index (χ1n) is 4.54. The van der Waals surface area contributed by atoms with Crippen LogP contribution in [0, 0.1) is 11.8 Å². The van der Waals surface area contributed by atoms with Crippen LogP contribution in [-0.2, 0) is 4.79 Å². The van der Waals surface area contributed by atoms with Gasteiger partial charge >= 0.3 is 6.18 Å². The molecule has 0 aromatic heterocycles. The Kier molecular flexibility index (Phi) is 2.98. The fraction of sp³-hybridized carbons (Fsp3) is 0.889. The largest absolute Gasteiger partial charge is 0.391 e. The Balaban J connectivity index is 2.60. The Morgan fingerprint density at radius 1 is 1.46 bits per heavy atom. The SMILES string of the molecule is CCC1CC(C(F)(F)F)CCC1=O. The second-order valence-corrected chi connectivity index (χ2v) is 3.58. The van der Waals surface area contributed by atoms with E-state index in [1.807, 2.05) is 0 Å². The van der Waals surface area contributed by atoms with Crippen LogP contribution >= 0.6 is 0 Å². The van der Waals surface area contributed by atoms with Gasteiger partial charge in [0.1, 0.15) is 5.78 Å². The fourth-order valence-corrected chi connectivity index (χ4v) is 1.80. The zero-order chi connectivity index (χ0) is 10.1. The monoisotopic (exact) mass is 194 g/mol. The number of carbonyl (C=O) groups is 1. The van der Waals surface area contributed by atoms with Gasteiger partial charge in [-0.2, -0.15) is 13.2 Å². The second kappa shape index (κ2) is 3.68. The molecule has 76 valence electrons. The number of ketones is 1. The van der Waals surface area contributed by atoms with E-state index in [0.717, 1.165) is 0 Å². The van der Waals surface area contributed by atoms with Crippen LogP contribution in [0.1, 0.15) is 32.6 Å². The summed E-state index contributed by atoms with van der Waals surface area (Å²) in [5, 5.41) is 0. The van der Waals surface area contributed by atoms with E-state index in [4.69, 9.17) is 0 Å². The lowest BCUT2D eigenvalue weighted by Crippen LogP contribution is -2.33. The van der Waals surface area contributed by atoms with Crippen LogP contribution < -0.4 is 0 Å². The van der Waals surface area contributed by atoms with Crippen molar-refractivity contribution in [2.75, 3.05) is 0 Å². The molecular weight excluding hydrogens is 181 g/mol. The van der Waals surface area contributed by atoms with E-state index in [1.54, 1.807) is 6.92 Å². The van der Waals surface area contributed by atoms with Crippen molar-refractivity contribution in [1.29, 1.82) is 0 Å². The fourth-order valence-electron chi connectivity index (χ4n) is 1.80. The van der Waals surface area contributed by atoms with E-state index in [0.29, 0.717) is 6.42 Å². The summed E-state index contributed by atoms with van der Waals surface area (Å²) in [6.45, 7) is 1.77. The third-order valence-corrected chi connectivity index (χ3v) is 2.72. The van der Waals surface area contributed by atoms with Crippen molar-refractivity contribution in [2.24, 2.45) is 11.8 Å². The zero-order valence-corrected chi connectivity index (χ0v) is 7.53. The van der Waals surface area contributed by atoms with E-state index < -0.39 is 12.1 Å². The number of Topliss-reactive ketones (excluding diaryl/α,β-unsaturated/α-hetero) is 1. The maximum atomic E-state index is 12.3. The average Bonchev–Trinajstić information content (AvgIpc) is 2.03. The predicted molar refractivity (Wildman–Crippen MR) is 42.2 cm³/mol. The van der Waals surface area contributed by atoms with Gasteiger partial charge in [0, 0.05) is 12.3 Å². The van der Waals surface area contributed by atoms with Crippen LogP contribution in [0.5, 0.6) is 0 Å². The van der Waals surface area contributed by atoms with Crippen LogP contribution in [0.15, 0.2) is 0 Å². The van der Waals surface area contributed by atoms with Gasteiger partial charge in [-0.05, 0) is 19.3 Å². The van der Waals surface area contributed by atoms with E-state index in [2.05, 4.69) is 0 Å². The van der Waals surface area contributed by atoms with Gasteiger partial charge in [0.15, 0.2) is 0 Å². The van der Waals surface area contributed by atoms with Gasteiger partial charge < -0.3 is 0 Å². The highest BCUT2D eigenvalue weighted by atomic mass is 19.4. The van der Waals surface area contributed by atoms with E-state index >= 15 is 0 Å². The second-order valence-electron chi connectivity index (χ2n) is 3.58. The number of alkyl halides is 3. The van der Waals surface area contributed by atoms with Gasteiger partial charge in [-0.3, -0.25) is 4.79 Å². The quantitative estimate of drug-likeness (QED) is 0.627. The maximum absolute atomic E-state index is 12.3. The smallest absolute Gasteiger partial charge is 0.299 e. The zero-order valence-electron chi connectivity index (χ0n) is 7.53. The first-order chi connectivity index (χ1) is 5.95. The highest BCUT2D eigenvalue weighted by Gasteiger charge is 2.43. The lowest BCUT2D eigenvalue weighted by Gasteiger charge is -2.28. The average molecular weight is 194 g/mol. The number of hydrogen-bond donors (Lipinski definition) is 0. The summed E-state index contributed by atoms with van der Waals surface area (Å²) >= 11 is 0. The maximum Gasteiger partial charge on any atom is 0.391 e. The van der Waals surface area contributed by atoms with Crippen LogP contribution in [0.3, 0.4) is 0 Å². The molecule has 0 aliphatic heterocycles. The molecule has 1 rings (SSSR count). The van der Waals surface area contributed by atoms with Gasteiger partial charge in [0.25, 0.3) is 0 Å². The van der Waals surface area contributed by atoms with Crippen molar-refractivity contribution >= 4 is 5.78 Å². The molecule has 0 heterocycles. The molecule has 1 nitrogen and oxygen atoms in total. The molecular formula is C9H13F3O. The molecule has 2 atom stereocenters. The highest BCUT2D eigenvalue weighted by Crippen LogP contribution is 2.39. The first-order valence-corrected chi connectivity index (χ1v) is 4.54. The van der Waals surface area contributed by atoms with Gasteiger partial charge in [-0.1, -0.05) is 6.92 Å². The number of rotatable bonds is 1. The molecule has 0 aromatic carbocycles. The molecule has 1 aliphatic carbocycles. The summed E-state index contributed by atoms with van der Waals surface area (Å²) in [5.74, 6) is -1.61. The molecule has 1 aliphatic rings. The molecule has 1 fully saturated rings. The molecule has 0 bridgehead atoms. The van der Waals surface area contributed by atoms with Crippen molar-refractivity contribution < 1.29 is 18.0 Å². The van der Waals surface area contributed by atoms with Crippen LogP contribution in [0.25, 0.3) is 0 Å². The minimum atomic E-state index is -4.12. The van der Waals surface area contributed by atoms with E-state index in [1.165, 1.54) is 0 Å². The van der Waals surface area contributed by atoms with Gasteiger partial charge in [0.2, 0.25) is 0 Å². The Morgan fingerprint density at radius 3 is 2.54 bits per heavy atom. The standard InChI is InChI=1S/C9H13F3O/c1-2-6-5-7(9(10,11)12)3-4-8(6)13/h6-7H,2-5H2,1H3. The Hall–Kier alpha value is -0.540. The summed E-state index contributed by atoms with van der Waals surface area (Å²) in [7, 11) is 0. The van der Waals surface area contributed by atoms with Gasteiger partial charge in [-0.25, -0.2) is 0 Å². The minimum absolute atomic E-state index is 0.00116. The van der Waals surface area contributed by atoms with Crippen molar-refractivity contribution in [1.82, 2.24) is 0 Å². The van der Waals surface area contributed by atoms with Crippen molar-refractivity contribution in [3.05, 3.63) is 0 Å². The van der Waals surface area contributed by atoms with Crippen LogP contribution in [-0.4, -0.2) is 12.0 Å². The Bertz CT molecular complexity index is 198. The molecule has 2 unspecified atom stereocenters. The van der Waals surface area contributed by atoms with Gasteiger partial charge in [-0.15, -0.1) is 0 Å². The molecule has 0 radical (unpaired) electrons. The summed E-state index contributed by atoms with van der Waals surface area (Å²) in [4.78, 5) is 11.1. The predicted octanol–water partition coefficient (Wildman–Crippen LogP) is 2.94. The first kappa shape index (κ1) is 10.5. The number of halogens is 3. The Labute approximate surface area is 75.3 Å². The third kappa shape index (κ3) is 2.45. The van der Waals surface area contributed by atoms with Crippen molar-refractivity contribution in [2.45, 2.75) is 38.8 Å². The summed E-state index contributed by atoms with van der Waals surface area (Å²) in [6, 6.07) is 0. The third-order valence-electron chi connectivity index (χ3n) is 2.72. The van der Waals surface area contributed by atoms with Crippen LogP contribution in [0.2, 0.25) is 0 Å². The topological polar surface area (TPSA) is 17.1 Å². The number of hydrogen-bond acceptors (Lipinski definition) is 1. The molecule has 1 saturated carbocycles. The minimum Gasteiger partial charge on any atom is -0.299 e. The lowest BCUT2D eigenvalue weighted by molar-refractivity contribution is -0.186. The molecule has 0 spiro atoms. The normalized spacial score (nSPS) is 30.6. The number of carbonyl (C=O) groups excluding carboxylic acids is 1. The molecule has 0 amide bonds. The van der Waals surface area contributed by atoms with Crippen molar-refractivity contribution in [3.63, 3.8) is 0 Å². The van der Waals surface area contributed by atoms with Crippen LogP contribution in [0.4, 0.5) is 13.2 Å². The van der Waals surface area contributed by atoms with E-state index in [9.17, 15) is 18.0 Å². The van der Waals surface area contributed by atoms with Gasteiger partial charge in [0.05, 0.1) is 5.92 Å². The van der Waals surface area contributed by atoms with E-state index in [-0.39, 0.29) is 31.0 Å². The summed E-state index contributed by atoms with van der Waals surface area (Å²) in [6.07, 6.45) is -3.50. The highest BCUT2D eigenvalue weighted by molar-refractivity contribution is 5.81.